The summed E-state index contributed by atoms with van der Waals surface area (Å²) in [4.78, 5) is 26.8. The van der Waals surface area contributed by atoms with Crippen molar-refractivity contribution >= 4 is 11.9 Å². The Labute approximate surface area is 162 Å². The molecule has 1 saturated heterocycles. The molecule has 0 N–H and O–H groups in total. The number of alkyl halides is 2. The van der Waals surface area contributed by atoms with Crippen molar-refractivity contribution in [3.8, 4) is 5.75 Å². The Balaban J connectivity index is 1.44. The molecule has 1 aliphatic heterocycles. The molecule has 1 fully saturated rings. The van der Waals surface area contributed by atoms with Crippen LogP contribution >= 0.6 is 0 Å². The molecule has 0 spiro atoms. The number of hydrogen-bond acceptors (Lipinski definition) is 6. The maximum atomic E-state index is 12.5. The van der Waals surface area contributed by atoms with Crippen LogP contribution in [0.3, 0.4) is 0 Å². The first-order valence-corrected chi connectivity index (χ1v) is 9.03. The van der Waals surface area contributed by atoms with Gasteiger partial charge in [-0.2, -0.15) is 8.78 Å². The lowest BCUT2D eigenvalue weighted by molar-refractivity contribution is -0.132. The standard InChI is InChI=1S/C19H23F2N5O2/c1-24(13-15-3-5-16(6-4-15)28-18(20)21)14-17(27)25-9-11-26(12-10-25)19-22-7-2-8-23-19/h2-8,18H,9-14H2,1H3. The van der Waals surface area contributed by atoms with Crippen molar-refractivity contribution in [1.82, 2.24) is 19.8 Å². The van der Waals surface area contributed by atoms with Crippen molar-refractivity contribution in [1.29, 1.82) is 0 Å². The van der Waals surface area contributed by atoms with Crippen molar-refractivity contribution in [2.45, 2.75) is 13.2 Å². The molecule has 0 saturated carbocycles. The number of amides is 1. The van der Waals surface area contributed by atoms with Gasteiger partial charge in [0, 0.05) is 45.1 Å². The molecule has 9 heteroatoms. The Bertz CT molecular complexity index is 753. The summed E-state index contributed by atoms with van der Waals surface area (Å²) in [7, 11) is 1.86. The molecule has 1 aromatic heterocycles. The highest BCUT2D eigenvalue weighted by molar-refractivity contribution is 5.78. The second-order valence-corrected chi connectivity index (χ2v) is 6.61. The van der Waals surface area contributed by atoms with Gasteiger partial charge in [-0.3, -0.25) is 9.69 Å². The average Bonchev–Trinajstić information content (AvgIpc) is 2.70. The zero-order valence-electron chi connectivity index (χ0n) is 15.7. The van der Waals surface area contributed by atoms with Gasteiger partial charge in [0.25, 0.3) is 0 Å². The number of likely N-dealkylation sites (N-methyl/N-ethyl adjacent to an activating group) is 1. The molecule has 0 atom stereocenters. The minimum absolute atomic E-state index is 0.0637. The lowest BCUT2D eigenvalue weighted by Gasteiger charge is -2.35. The molecule has 1 aromatic carbocycles. The van der Waals surface area contributed by atoms with E-state index in [1.165, 1.54) is 12.1 Å². The SMILES string of the molecule is CN(CC(=O)N1CCN(c2ncccn2)CC1)Cc1ccc(OC(F)F)cc1. The van der Waals surface area contributed by atoms with Gasteiger partial charge in [0.05, 0.1) is 6.54 Å². The number of carbonyl (C=O) groups excluding carboxylic acids is 1. The van der Waals surface area contributed by atoms with E-state index in [4.69, 9.17) is 0 Å². The van der Waals surface area contributed by atoms with E-state index in [0.717, 1.165) is 5.56 Å². The van der Waals surface area contributed by atoms with Crippen LogP contribution in [0.4, 0.5) is 14.7 Å². The minimum Gasteiger partial charge on any atom is -0.435 e. The smallest absolute Gasteiger partial charge is 0.387 e. The summed E-state index contributed by atoms with van der Waals surface area (Å²) in [5.41, 5.74) is 0.919. The quantitative estimate of drug-likeness (QED) is 0.718. The van der Waals surface area contributed by atoms with Crippen LogP contribution in [0, 0.1) is 0 Å². The lowest BCUT2D eigenvalue weighted by atomic mass is 10.2. The van der Waals surface area contributed by atoms with Gasteiger partial charge in [-0.15, -0.1) is 0 Å². The number of benzene rings is 1. The predicted molar refractivity (Wildman–Crippen MR) is 100 cm³/mol. The Morgan fingerprint density at radius 2 is 1.79 bits per heavy atom. The Morgan fingerprint density at radius 3 is 2.39 bits per heavy atom. The number of rotatable bonds is 7. The largest absolute Gasteiger partial charge is 0.435 e. The zero-order chi connectivity index (χ0) is 19.9. The van der Waals surface area contributed by atoms with Gasteiger partial charge in [0.15, 0.2) is 0 Å². The van der Waals surface area contributed by atoms with Gasteiger partial charge < -0.3 is 14.5 Å². The summed E-state index contributed by atoms with van der Waals surface area (Å²) in [5.74, 6) is 0.873. The Morgan fingerprint density at radius 1 is 1.14 bits per heavy atom. The highest BCUT2D eigenvalue weighted by atomic mass is 19.3. The number of ether oxygens (including phenoxy) is 1. The number of hydrogen-bond donors (Lipinski definition) is 0. The van der Waals surface area contributed by atoms with E-state index in [0.29, 0.717) is 38.7 Å². The van der Waals surface area contributed by atoms with Crippen molar-refractivity contribution in [3.63, 3.8) is 0 Å². The van der Waals surface area contributed by atoms with E-state index in [2.05, 4.69) is 19.6 Å². The summed E-state index contributed by atoms with van der Waals surface area (Å²) in [6, 6.07) is 8.22. The van der Waals surface area contributed by atoms with E-state index >= 15 is 0 Å². The van der Waals surface area contributed by atoms with E-state index in [9.17, 15) is 13.6 Å². The lowest BCUT2D eigenvalue weighted by Crippen LogP contribution is -2.51. The number of piperazine rings is 1. The number of anilines is 1. The molecule has 28 heavy (non-hydrogen) atoms. The number of carbonyl (C=O) groups is 1. The summed E-state index contributed by atoms with van der Waals surface area (Å²) in [6.07, 6.45) is 3.42. The molecule has 2 heterocycles. The molecule has 0 radical (unpaired) electrons. The molecule has 2 aromatic rings. The maximum absolute atomic E-state index is 12.5. The van der Waals surface area contributed by atoms with Crippen molar-refractivity contribution in [2.24, 2.45) is 0 Å². The van der Waals surface area contributed by atoms with Crippen LogP contribution in [-0.4, -0.2) is 72.1 Å². The number of nitrogens with zero attached hydrogens (tertiary/aromatic N) is 5. The van der Waals surface area contributed by atoms with Gasteiger partial charge in [0.1, 0.15) is 5.75 Å². The van der Waals surface area contributed by atoms with E-state index in [1.807, 2.05) is 16.8 Å². The molecule has 0 aliphatic carbocycles. The summed E-state index contributed by atoms with van der Waals surface area (Å²) < 4.78 is 28.7. The molecule has 0 bridgehead atoms. The Kier molecular flexibility index (Phi) is 6.70. The molecular formula is C19H23F2N5O2. The number of halogens is 2. The highest BCUT2D eigenvalue weighted by Crippen LogP contribution is 2.16. The molecule has 1 amide bonds. The first-order chi connectivity index (χ1) is 13.5. The third-order valence-corrected chi connectivity index (χ3v) is 4.47. The van der Waals surface area contributed by atoms with Crippen LogP contribution in [0.2, 0.25) is 0 Å². The van der Waals surface area contributed by atoms with Crippen LogP contribution < -0.4 is 9.64 Å². The fourth-order valence-electron chi connectivity index (χ4n) is 3.09. The Hall–Kier alpha value is -2.81. The van der Waals surface area contributed by atoms with E-state index in [1.54, 1.807) is 30.6 Å². The normalized spacial score (nSPS) is 14.6. The van der Waals surface area contributed by atoms with Crippen LogP contribution in [0.1, 0.15) is 5.56 Å². The second kappa shape index (κ2) is 9.41. The zero-order valence-corrected chi connectivity index (χ0v) is 15.7. The monoisotopic (exact) mass is 391 g/mol. The van der Waals surface area contributed by atoms with E-state index < -0.39 is 6.61 Å². The molecule has 1 aliphatic rings. The van der Waals surface area contributed by atoms with Gasteiger partial charge in [-0.25, -0.2) is 9.97 Å². The van der Waals surface area contributed by atoms with Gasteiger partial charge in [0.2, 0.25) is 11.9 Å². The molecule has 150 valence electrons. The highest BCUT2D eigenvalue weighted by Gasteiger charge is 2.23. The van der Waals surface area contributed by atoms with E-state index in [-0.39, 0.29) is 18.2 Å². The second-order valence-electron chi connectivity index (χ2n) is 6.61. The maximum Gasteiger partial charge on any atom is 0.387 e. The third-order valence-electron chi connectivity index (χ3n) is 4.47. The van der Waals surface area contributed by atoms with Crippen LogP contribution in [0.25, 0.3) is 0 Å². The predicted octanol–water partition coefficient (Wildman–Crippen LogP) is 1.86. The summed E-state index contributed by atoms with van der Waals surface area (Å²) >= 11 is 0. The molecular weight excluding hydrogens is 368 g/mol. The molecule has 7 nitrogen and oxygen atoms in total. The summed E-state index contributed by atoms with van der Waals surface area (Å²) in [6.45, 7) is 0.654. The van der Waals surface area contributed by atoms with Crippen LogP contribution in [0.5, 0.6) is 5.75 Å². The first kappa shape index (κ1) is 19.9. The number of aromatic nitrogens is 2. The van der Waals surface area contributed by atoms with Gasteiger partial charge in [-0.05, 0) is 30.8 Å². The molecule has 3 rings (SSSR count). The topological polar surface area (TPSA) is 61.8 Å². The van der Waals surface area contributed by atoms with Gasteiger partial charge in [-0.1, -0.05) is 12.1 Å². The minimum atomic E-state index is -2.83. The first-order valence-electron chi connectivity index (χ1n) is 9.03. The third kappa shape index (κ3) is 5.59. The molecule has 0 unspecified atom stereocenters. The fraction of sp³-hybridized carbons (Fsp3) is 0.421. The van der Waals surface area contributed by atoms with Gasteiger partial charge >= 0.3 is 6.61 Å². The van der Waals surface area contributed by atoms with Crippen molar-refractivity contribution in [2.75, 3.05) is 44.7 Å². The van der Waals surface area contributed by atoms with Crippen LogP contribution in [0.15, 0.2) is 42.7 Å². The van der Waals surface area contributed by atoms with Crippen LogP contribution in [-0.2, 0) is 11.3 Å². The van der Waals surface area contributed by atoms with Crippen molar-refractivity contribution < 1.29 is 18.3 Å². The van der Waals surface area contributed by atoms with Crippen molar-refractivity contribution in [3.05, 3.63) is 48.3 Å². The fourth-order valence-corrected chi connectivity index (χ4v) is 3.09. The average molecular weight is 391 g/mol. The summed E-state index contributed by atoms with van der Waals surface area (Å²) in [5, 5.41) is 0.